The second-order valence-corrected chi connectivity index (χ2v) is 10.4. The third-order valence-electron chi connectivity index (χ3n) is 5.67. The van der Waals surface area contributed by atoms with E-state index in [1.54, 1.807) is 27.8 Å². The normalized spacial score (nSPS) is 15.8. The zero-order valence-corrected chi connectivity index (χ0v) is 19.5. The molecule has 2 aromatic carbocycles. The largest absolute Gasteiger partial charge is 0.493 e. The van der Waals surface area contributed by atoms with Crippen LogP contribution in [-0.4, -0.2) is 38.5 Å². The van der Waals surface area contributed by atoms with Crippen LogP contribution >= 0.6 is 11.3 Å². The van der Waals surface area contributed by atoms with E-state index in [1.165, 1.54) is 25.8 Å². The first kappa shape index (κ1) is 21.8. The van der Waals surface area contributed by atoms with Crippen LogP contribution in [0.15, 0.2) is 52.7 Å². The maximum Gasteiger partial charge on any atom is 0.243 e. The third kappa shape index (κ3) is 4.33. The minimum atomic E-state index is -3.77. The van der Waals surface area contributed by atoms with Crippen LogP contribution < -0.4 is 9.47 Å². The van der Waals surface area contributed by atoms with Gasteiger partial charge in [0.2, 0.25) is 10.0 Å². The first-order valence-electron chi connectivity index (χ1n) is 10.2. The second-order valence-electron chi connectivity index (χ2n) is 7.49. The van der Waals surface area contributed by atoms with Crippen molar-refractivity contribution in [3.63, 3.8) is 0 Å². The Morgan fingerprint density at radius 1 is 1.13 bits per heavy atom. The molecule has 3 aromatic rings. The summed E-state index contributed by atoms with van der Waals surface area (Å²) in [6.45, 7) is 2.32. The molecule has 0 aliphatic heterocycles. The van der Waals surface area contributed by atoms with Crippen LogP contribution in [0.25, 0.3) is 0 Å². The summed E-state index contributed by atoms with van der Waals surface area (Å²) in [5.41, 5.74) is 3.21. The summed E-state index contributed by atoms with van der Waals surface area (Å²) < 4.78 is 39.9. The van der Waals surface area contributed by atoms with E-state index in [0.29, 0.717) is 24.5 Å². The summed E-state index contributed by atoms with van der Waals surface area (Å²) in [7, 11) is -0.740. The van der Waals surface area contributed by atoms with E-state index in [1.807, 2.05) is 30.5 Å². The lowest BCUT2D eigenvalue weighted by atomic mass is 10.1. The van der Waals surface area contributed by atoms with E-state index in [0.717, 1.165) is 29.1 Å². The van der Waals surface area contributed by atoms with E-state index in [4.69, 9.17) is 9.47 Å². The number of fused-ring (bicyclic) bond motifs is 1. The monoisotopic (exact) mass is 458 g/mol. The Bertz CT molecular complexity index is 1170. The topological polar surface area (TPSA) is 68.7 Å². The minimum Gasteiger partial charge on any atom is -0.493 e. The summed E-state index contributed by atoms with van der Waals surface area (Å²) in [5, 5.41) is 2.98. The average molecular weight is 459 g/mol. The van der Waals surface area contributed by atoms with Gasteiger partial charge in [0.1, 0.15) is 0 Å². The van der Waals surface area contributed by atoms with Gasteiger partial charge in [-0.05, 0) is 43.0 Å². The molecular formula is C23H26N2O4S2. The van der Waals surface area contributed by atoms with Gasteiger partial charge in [-0.15, -0.1) is 11.3 Å². The molecule has 0 fully saturated rings. The average Bonchev–Trinajstić information content (AvgIpc) is 3.39. The molecule has 0 bridgehead atoms. The number of sulfonamides is 1. The lowest BCUT2D eigenvalue weighted by molar-refractivity contribution is 0.324. The van der Waals surface area contributed by atoms with Gasteiger partial charge in [-0.2, -0.15) is 4.31 Å². The lowest BCUT2D eigenvalue weighted by Crippen LogP contribution is -2.36. The number of ether oxygens (including phenoxy) is 2. The molecule has 0 saturated heterocycles. The fraction of sp³-hybridized carbons (Fsp3) is 0.348. The van der Waals surface area contributed by atoms with Crippen molar-refractivity contribution in [3.05, 3.63) is 69.7 Å². The molecule has 1 heterocycles. The Kier molecular flexibility index (Phi) is 6.31. The number of benzene rings is 2. The van der Waals surface area contributed by atoms with E-state index in [9.17, 15) is 8.42 Å². The first-order chi connectivity index (χ1) is 14.9. The molecule has 1 unspecified atom stereocenters. The number of hydrogen-bond acceptors (Lipinski definition) is 6. The van der Waals surface area contributed by atoms with Gasteiger partial charge in [-0.1, -0.05) is 24.3 Å². The van der Waals surface area contributed by atoms with Gasteiger partial charge in [0, 0.05) is 24.4 Å². The highest BCUT2D eigenvalue weighted by Crippen LogP contribution is 2.40. The predicted molar refractivity (Wildman–Crippen MR) is 121 cm³/mol. The van der Waals surface area contributed by atoms with Crippen LogP contribution in [0.2, 0.25) is 0 Å². The van der Waals surface area contributed by atoms with Gasteiger partial charge >= 0.3 is 0 Å². The van der Waals surface area contributed by atoms with Crippen molar-refractivity contribution < 1.29 is 17.9 Å². The SMILES string of the molecule is COc1ccc(S(=O)(=O)N(CCc2csc(C)n2)C2CCc3ccccc32)cc1OC. The maximum atomic E-state index is 13.8. The molecule has 0 N–H and O–H groups in total. The number of aromatic nitrogens is 1. The van der Waals surface area contributed by atoms with Crippen molar-refractivity contribution in [1.82, 2.24) is 9.29 Å². The molecule has 0 radical (unpaired) electrons. The minimum absolute atomic E-state index is 0.198. The zero-order chi connectivity index (χ0) is 22.0. The highest BCUT2D eigenvalue weighted by molar-refractivity contribution is 7.89. The van der Waals surface area contributed by atoms with Crippen molar-refractivity contribution in [2.45, 2.75) is 37.1 Å². The molecule has 4 rings (SSSR count). The van der Waals surface area contributed by atoms with Gasteiger partial charge in [0.05, 0.1) is 35.9 Å². The smallest absolute Gasteiger partial charge is 0.243 e. The number of methoxy groups -OCH3 is 2. The molecule has 164 valence electrons. The number of nitrogens with zero attached hydrogens (tertiary/aromatic N) is 2. The Hall–Kier alpha value is -2.42. The fourth-order valence-electron chi connectivity index (χ4n) is 4.14. The number of hydrogen-bond donors (Lipinski definition) is 0. The summed E-state index contributed by atoms with van der Waals surface area (Å²) >= 11 is 1.58. The lowest BCUT2D eigenvalue weighted by Gasteiger charge is -2.29. The molecule has 6 nitrogen and oxygen atoms in total. The van der Waals surface area contributed by atoms with E-state index in [-0.39, 0.29) is 10.9 Å². The van der Waals surface area contributed by atoms with Crippen molar-refractivity contribution in [2.75, 3.05) is 20.8 Å². The van der Waals surface area contributed by atoms with Crippen molar-refractivity contribution in [2.24, 2.45) is 0 Å². The quantitative estimate of drug-likeness (QED) is 0.501. The van der Waals surface area contributed by atoms with Crippen molar-refractivity contribution in [1.29, 1.82) is 0 Å². The standard InChI is InChI=1S/C23H26N2O4S2/c1-16-24-18(15-30-16)12-13-25(21-10-8-17-6-4-5-7-20(17)21)31(26,27)19-9-11-22(28-2)23(14-19)29-3/h4-7,9,11,14-15,21H,8,10,12-13H2,1-3H3. The molecule has 1 aromatic heterocycles. The molecule has 31 heavy (non-hydrogen) atoms. The number of aryl methyl sites for hydroxylation is 2. The van der Waals surface area contributed by atoms with Crippen LogP contribution in [0.1, 0.15) is 34.3 Å². The molecule has 0 amide bonds. The van der Waals surface area contributed by atoms with Crippen LogP contribution in [0.3, 0.4) is 0 Å². The van der Waals surface area contributed by atoms with Crippen LogP contribution in [0, 0.1) is 6.92 Å². The van der Waals surface area contributed by atoms with Gasteiger partial charge in [-0.25, -0.2) is 13.4 Å². The Morgan fingerprint density at radius 2 is 1.90 bits per heavy atom. The summed E-state index contributed by atoms with van der Waals surface area (Å²) in [6.07, 6.45) is 2.20. The van der Waals surface area contributed by atoms with Gasteiger partial charge in [0.25, 0.3) is 0 Å². The van der Waals surface area contributed by atoms with Gasteiger partial charge < -0.3 is 9.47 Å². The molecule has 8 heteroatoms. The Balaban J connectivity index is 1.72. The highest BCUT2D eigenvalue weighted by Gasteiger charge is 2.36. The van der Waals surface area contributed by atoms with E-state index < -0.39 is 10.0 Å². The van der Waals surface area contributed by atoms with Crippen molar-refractivity contribution in [3.8, 4) is 11.5 Å². The summed E-state index contributed by atoms with van der Waals surface area (Å²) in [6, 6.07) is 12.7. The molecule has 1 aliphatic rings. The van der Waals surface area contributed by atoms with Crippen molar-refractivity contribution >= 4 is 21.4 Å². The first-order valence-corrected chi connectivity index (χ1v) is 12.5. The third-order valence-corrected chi connectivity index (χ3v) is 8.39. The predicted octanol–water partition coefficient (Wildman–Crippen LogP) is 4.39. The fourth-order valence-corrected chi connectivity index (χ4v) is 6.44. The number of thiazole rings is 1. The van der Waals surface area contributed by atoms with Crippen LogP contribution in [0.4, 0.5) is 0 Å². The Labute approximate surface area is 187 Å². The second kappa shape index (κ2) is 8.98. The van der Waals surface area contributed by atoms with Crippen LogP contribution in [-0.2, 0) is 22.9 Å². The van der Waals surface area contributed by atoms with E-state index >= 15 is 0 Å². The molecule has 0 spiro atoms. The van der Waals surface area contributed by atoms with Crippen LogP contribution in [0.5, 0.6) is 11.5 Å². The van der Waals surface area contributed by atoms with Gasteiger partial charge in [-0.3, -0.25) is 0 Å². The number of rotatable bonds is 8. The van der Waals surface area contributed by atoms with E-state index in [2.05, 4.69) is 11.1 Å². The van der Waals surface area contributed by atoms with Gasteiger partial charge in [0.15, 0.2) is 11.5 Å². The summed E-state index contributed by atoms with van der Waals surface area (Å²) in [5.74, 6) is 0.891. The molecule has 1 aliphatic carbocycles. The molecular weight excluding hydrogens is 432 g/mol. The Morgan fingerprint density at radius 3 is 2.61 bits per heavy atom. The molecule has 0 saturated carbocycles. The highest BCUT2D eigenvalue weighted by atomic mass is 32.2. The molecule has 1 atom stereocenters. The maximum absolute atomic E-state index is 13.8. The summed E-state index contributed by atoms with van der Waals surface area (Å²) in [4.78, 5) is 4.72. The zero-order valence-electron chi connectivity index (χ0n) is 17.9.